The first-order chi connectivity index (χ1) is 14.9. The first-order valence-electron chi connectivity index (χ1n) is 11.9. The summed E-state index contributed by atoms with van der Waals surface area (Å²) < 4.78 is 0. The van der Waals surface area contributed by atoms with E-state index in [2.05, 4.69) is 13.2 Å². The van der Waals surface area contributed by atoms with Crippen LogP contribution in [0.1, 0.15) is 87.0 Å². The zero-order valence-electron chi connectivity index (χ0n) is 21.3. The highest BCUT2D eigenvalue weighted by atomic mass is 16.1. The van der Waals surface area contributed by atoms with Gasteiger partial charge >= 0.3 is 0 Å². The number of ketones is 2. The van der Waals surface area contributed by atoms with Gasteiger partial charge in [0.15, 0.2) is 5.78 Å². The zero-order valence-corrected chi connectivity index (χ0v) is 21.3. The van der Waals surface area contributed by atoms with E-state index in [0.29, 0.717) is 43.3 Å². The topological polar surface area (TPSA) is 68.3 Å². The van der Waals surface area contributed by atoms with E-state index in [1.54, 1.807) is 6.08 Å². The lowest BCUT2D eigenvalue weighted by molar-refractivity contribution is -0.129. The van der Waals surface area contributed by atoms with Crippen LogP contribution in [0.4, 0.5) is 0 Å². The average molecular weight is 445 g/mol. The van der Waals surface area contributed by atoms with Crippen molar-refractivity contribution in [3.8, 4) is 0 Å². The molecule has 0 N–H and O–H groups in total. The molecule has 0 saturated heterocycles. The van der Waals surface area contributed by atoms with Crippen molar-refractivity contribution in [1.82, 2.24) is 0 Å². The van der Waals surface area contributed by atoms with Crippen molar-refractivity contribution in [2.24, 2.45) is 29.1 Å². The van der Waals surface area contributed by atoms with Crippen LogP contribution in [0, 0.1) is 29.1 Å². The van der Waals surface area contributed by atoms with Crippen LogP contribution in [0.5, 0.6) is 0 Å². The molecule has 4 nitrogen and oxygen atoms in total. The predicted octanol–water partition coefficient (Wildman–Crippen LogP) is 6.49. The molecule has 0 fully saturated rings. The highest BCUT2D eigenvalue weighted by molar-refractivity contribution is 6.01. The summed E-state index contributed by atoms with van der Waals surface area (Å²) in [5, 5.41) is 0. The molecule has 0 aromatic carbocycles. The van der Waals surface area contributed by atoms with Crippen LogP contribution in [0.15, 0.2) is 36.0 Å². The standard InChI is InChI=1S/C28H44O4/c1-10-12-25(31)14-21(7)13-22(8)27(32)26(11-2)28(18-30,16-19(3)4)23(9)15-24(17-29)20(5)6/h13,17-20,24,26H,8-12,14-16H2,1-7H3/b21-13+. The summed E-state index contributed by atoms with van der Waals surface area (Å²) in [5.41, 5.74) is 0.673. The third-order valence-electron chi connectivity index (χ3n) is 6.22. The van der Waals surface area contributed by atoms with Gasteiger partial charge in [-0.15, -0.1) is 0 Å². The molecule has 0 bridgehead atoms. The minimum Gasteiger partial charge on any atom is -0.303 e. The highest BCUT2D eigenvalue weighted by Gasteiger charge is 2.45. The molecule has 0 aliphatic carbocycles. The number of carbonyl (C=O) groups is 4. The van der Waals surface area contributed by atoms with E-state index >= 15 is 0 Å². The lowest BCUT2D eigenvalue weighted by Crippen LogP contribution is -2.41. The van der Waals surface area contributed by atoms with Crippen molar-refractivity contribution in [3.05, 3.63) is 36.0 Å². The number of allylic oxidation sites excluding steroid dienone is 4. The summed E-state index contributed by atoms with van der Waals surface area (Å²) in [4.78, 5) is 49.7. The molecule has 3 unspecified atom stereocenters. The SMILES string of the molecule is C=C(/C=C(\C)CC(=O)CCC)C(=O)C(CC)C(C=O)(CC(C)C)C(=C)CC(C=O)C(C)C. The van der Waals surface area contributed by atoms with Gasteiger partial charge in [-0.25, -0.2) is 0 Å². The van der Waals surface area contributed by atoms with E-state index in [0.717, 1.165) is 24.6 Å². The van der Waals surface area contributed by atoms with Gasteiger partial charge < -0.3 is 9.59 Å². The van der Waals surface area contributed by atoms with Crippen molar-refractivity contribution >= 4 is 24.1 Å². The second-order valence-corrected chi connectivity index (χ2v) is 9.91. The summed E-state index contributed by atoms with van der Waals surface area (Å²) in [6.45, 7) is 21.8. The van der Waals surface area contributed by atoms with Crippen molar-refractivity contribution in [2.45, 2.75) is 87.0 Å². The van der Waals surface area contributed by atoms with E-state index in [9.17, 15) is 19.2 Å². The molecule has 0 radical (unpaired) electrons. The van der Waals surface area contributed by atoms with Gasteiger partial charge in [0, 0.05) is 30.3 Å². The Balaban J connectivity index is 6.08. The van der Waals surface area contributed by atoms with Crippen LogP contribution < -0.4 is 0 Å². The molecule has 0 aromatic rings. The summed E-state index contributed by atoms with van der Waals surface area (Å²) in [5.74, 6) is -0.656. The van der Waals surface area contributed by atoms with Crippen LogP contribution in [0.2, 0.25) is 0 Å². The van der Waals surface area contributed by atoms with Crippen molar-refractivity contribution < 1.29 is 19.2 Å². The molecular formula is C28H44O4. The maximum atomic E-state index is 13.5. The number of carbonyl (C=O) groups excluding carboxylic acids is 4. The molecule has 0 aliphatic heterocycles. The van der Waals surface area contributed by atoms with E-state index < -0.39 is 11.3 Å². The number of rotatable bonds is 17. The van der Waals surface area contributed by atoms with Gasteiger partial charge in [0.2, 0.25) is 0 Å². The van der Waals surface area contributed by atoms with Gasteiger partial charge in [-0.3, -0.25) is 9.59 Å². The molecular weight excluding hydrogens is 400 g/mol. The van der Waals surface area contributed by atoms with Crippen LogP contribution in [-0.2, 0) is 19.2 Å². The number of Topliss-reactive ketones (excluding diaryl/α,β-unsaturated/α-hetero) is 2. The van der Waals surface area contributed by atoms with E-state index in [1.807, 2.05) is 48.5 Å². The number of aldehydes is 2. The third-order valence-corrected chi connectivity index (χ3v) is 6.22. The fourth-order valence-electron chi connectivity index (χ4n) is 4.44. The molecule has 0 aliphatic rings. The Morgan fingerprint density at radius 1 is 1.03 bits per heavy atom. The number of hydrogen-bond donors (Lipinski definition) is 0. The van der Waals surface area contributed by atoms with E-state index in [4.69, 9.17) is 0 Å². The minimum absolute atomic E-state index is 0.115. The Labute approximate surface area is 195 Å². The second-order valence-electron chi connectivity index (χ2n) is 9.91. The second kappa shape index (κ2) is 14.1. The fourth-order valence-corrected chi connectivity index (χ4v) is 4.44. The van der Waals surface area contributed by atoms with Crippen LogP contribution in [0.3, 0.4) is 0 Å². The number of hydrogen-bond acceptors (Lipinski definition) is 4. The molecule has 0 heterocycles. The largest absolute Gasteiger partial charge is 0.303 e. The Kier molecular flexibility index (Phi) is 13.2. The molecule has 32 heavy (non-hydrogen) atoms. The molecule has 4 heteroatoms. The molecule has 0 amide bonds. The summed E-state index contributed by atoms with van der Waals surface area (Å²) in [6, 6.07) is 0. The molecule has 0 saturated carbocycles. The van der Waals surface area contributed by atoms with Gasteiger partial charge in [-0.2, -0.15) is 0 Å². The molecule has 0 aromatic heterocycles. The van der Waals surface area contributed by atoms with Gasteiger partial charge in [0.1, 0.15) is 18.4 Å². The smallest absolute Gasteiger partial charge is 0.166 e. The Bertz CT molecular complexity index is 726. The van der Waals surface area contributed by atoms with Gasteiger partial charge in [0.05, 0.1) is 5.41 Å². The maximum absolute atomic E-state index is 13.5. The normalized spacial score (nSPS) is 15.7. The Morgan fingerprint density at radius 2 is 1.62 bits per heavy atom. The van der Waals surface area contributed by atoms with Crippen LogP contribution in [-0.4, -0.2) is 24.1 Å². The van der Waals surface area contributed by atoms with Gasteiger partial charge in [0.25, 0.3) is 0 Å². The van der Waals surface area contributed by atoms with Gasteiger partial charge in [-0.05, 0) is 44.4 Å². The Morgan fingerprint density at radius 3 is 2.03 bits per heavy atom. The first kappa shape index (κ1) is 29.9. The Hall–Kier alpha value is -2.10. The zero-order chi connectivity index (χ0) is 25.1. The quantitative estimate of drug-likeness (QED) is 0.111. The molecule has 3 atom stereocenters. The summed E-state index contributed by atoms with van der Waals surface area (Å²) >= 11 is 0. The van der Waals surface area contributed by atoms with Gasteiger partial charge in [-0.1, -0.05) is 71.9 Å². The van der Waals surface area contributed by atoms with Crippen molar-refractivity contribution in [2.75, 3.05) is 0 Å². The van der Waals surface area contributed by atoms with Crippen LogP contribution >= 0.6 is 0 Å². The monoisotopic (exact) mass is 444 g/mol. The van der Waals surface area contributed by atoms with Crippen molar-refractivity contribution in [3.63, 3.8) is 0 Å². The summed E-state index contributed by atoms with van der Waals surface area (Å²) in [7, 11) is 0. The third kappa shape index (κ3) is 8.44. The molecule has 0 spiro atoms. The first-order valence-corrected chi connectivity index (χ1v) is 11.9. The van der Waals surface area contributed by atoms with Crippen molar-refractivity contribution in [1.29, 1.82) is 0 Å². The predicted molar refractivity (Wildman–Crippen MR) is 132 cm³/mol. The molecule has 180 valence electrons. The lowest BCUT2D eigenvalue weighted by Gasteiger charge is -2.39. The fraction of sp³-hybridized carbons (Fsp3) is 0.643. The van der Waals surface area contributed by atoms with Crippen LogP contribution in [0.25, 0.3) is 0 Å². The maximum Gasteiger partial charge on any atom is 0.166 e. The minimum atomic E-state index is -1.06. The van der Waals surface area contributed by atoms with E-state index in [1.165, 1.54) is 0 Å². The lowest BCUT2D eigenvalue weighted by atomic mass is 9.62. The van der Waals surface area contributed by atoms with E-state index in [-0.39, 0.29) is 29.3 Å². The average Bonchev–Trinajstić information content (AvgIpc) is 2.70. The molecule has 0 rings (SSSR count). The highest BCUT2D eigenvalue weighted by Crippen LogP contribution is 2.45. The summed E-state index contributed by atoms with van der Waals surface area (Å²) in [6.07, 6.45) is 6.38.